The van der Waals surface area contributed by atoms with E-state index in [9.17, 15) is 9.59 Å². The first-order valence-corrected chi connectivity index (χ1v) is 15.0. The second-order valence-electron chi connectivity index (χ2n) is 12.0. The summed E-state index contributed by atoms with van der Waals surface area (Å²) in [6.45, 7) is 22.0. The summed E-state index contributed by atoms with van der Waals surface area (Å²) in [6.07, 6.45) is 3.13. The van der Waals surface area contributed by atoms with Gasteiger partial charge < -0.3 is 18.6 Å². The molecule has 196 valence electrons. The molecule has 0 bridgehead atoms. The van der Waals surface area contributed by atoms with Crippen LogP contribution in [-0.2, 0) is 18.7 Å². The summed E-state index contributed by atoms with van der Waals surface area (Å²) in [5.41, 5.74) is -0.538. The molecule has 0 aliphatic carbocycles. The van der Waals surface area contributed by atoms with Gasteiger partial charge in [-0.1, -0.05) is 45.1 Å². The molecule has 7 nitrogen and oxygen atoms in total. The van der Waals surface area contributed by atoms with E-state index in [1.54, 1.807) is 17.0 Å². The molecule has 2 rings (SSSR count). The molecule has 1 aromatic rings. The second kappa shape index (κ2) is 10.4. The van der Waals surface area contributed by atoms with Gasteiger partial charge in [0.1, 0.15) is 17.1 Å². The number of ether oxygens (including phenoxy) is 3. The predicted molar refractivity (Wildman–Crippen MR) is 141 cm³/mol. The summed E-state index contributed by atoms with van der Waals surface area (Å²) in [4.78, 5) is 26.1. The lowest BCUT2D eigenvalue weighted by Crippen LogP contribution is -2.56. The Morgan fingerprint density at radius 3 is 2.17 bits per heavy atom. The van der Waals surface area contributed by atoms with Crippen molar-refractivity contribution in [1.82, 2.24) is 4.90 Å². The summed E-state index contributed by atoms with van der Waals surface area (Å²) in [5.74, 6) is 0.132. The molecular weight excluding hydrogens is 462 g/mol. The molecule has 1 aliphatic heterocycles. The molecule has 0 spiro atoms. The number of amides is 1. The normalized spacial score (nSPS) is 19.6. The lowest BCUT2D eigenvalue weighted by Gasteiger charge is -2.42. The van der Waals surface area contributed by atoms with Crippen LogP contribution in [0.3, 0.4) is 0 Å². The van der Waals surface area contributed by atoms with Gasteiger partial charge in [-0.15, -0.1) is 0 Å². The SMILES string of the molecule is CC(=O)Oc1ccc(/C=C/[C@H](O[Si](C)(C)C(C)(C)C)[C@H]2COC(C)(C)N2C(=O)OC(C)(C)C)cc1. The molecule has 1 heterocycles. The summed E-state index contributed by atoms with van der Waals surface area (Å²) in [5, 5.41) is -0.0174. The molecule has 0 unspecified atom stereocenters. The number of carbonyl (C=O) groups excluding carboxylic acids is 2. The second-order valence-corrected chi connectivity index (χ2v) is 16.8. The Labute approximate surface area is 211 Å². The van der Waals surface area contributed by atoms with E-state index >= 15 is 0 Å². The number of benzene rings is 1. The topological polar surface area (TPSA) is 74.3 Å². The van der Waals surface area contributed by atoms with Gasteiger partial charge in [-0.2, -0.15) is 0 Å². The molecule has 35 heavy (non-hydrogen) atoms. The maximum atomic E-state index is 13.3. The average Bonchev–Trinajstić information content (AvgIpc) is 2.98. The van der Waals surface area contributed by atoms with Gasteiger partial charge in [-0.3, -0.25) is 9.69 Å². The molecule has 2 atom stereocenters. The average molecular weight is 506 g/mol. The van der Waals surface area contributed by atoms with Crippen LogP contribution in [0.1, 0.15) is 67.9 Å². The Bertz CT molecular complexity index is 924. The van der Waals surface area contributed by atoms with Gasteiger partial charge in [0.15, 0.2) is 8.32 Å². The van der Waals surface area contributed by atoms with Crippen molar-refractivity contribution in [3.8, 4) is 5.75 Å². The van der Waals surface area contributed by atoms with E-state index in [0.29, 0.717) is 12.4 Å². The number of hydrogen-bond donors (Lipinski definition) is 0. The lowest BCUT2D eigenvalue weighted by molar-refractivity contribution is -0.131. The third-order valence-corrected chi connectivity index (χ3v) is 10.8. The van der Waals surface area contributed by atoms with Crippen LogP contribution in [0.2, 0.25) is 18.1 Å². The van der Waals surface area contributed by atoms with Crippen molar-refractivity contribution >= 4 is 26.5 Å². The van der Waals surface area contributed by atoms with E-state index in [4.69, 9.17) is 18.6 Å². The molecule has 0 aromatic heterocycles. The molecular formula is C27H43NO6Si. The van der Waals surface area contributed by atoms with Crippen LogP contribution in [0, 0.1) is 0 Å². The van der Waals surface area contributed by atoms with E-state index in [0.717, 1.165) is 5.56 Å². The van der Waals surface area contributed by atoms with E-state index in [2.05, 4.69) is 33.9 Å². The van der Waals surface area contributed by atoms with Crippen LogP contribution in [0.4, 0.5) is 4.79 Å². The van der Waals surface area contributed by atoms with Crippen LogP contribution in [0.15, 0.2) is 30.3 Å². The third-order valence-electron chi connectivity index (χ3n) is 6.35. The van der Waals surface area contributed by atoms with Crippen molar-refractivity contribution in [1.29, 1.82) is 0 Å². The molecule has 1 amide bonds. The lowest BCUT2D eigenvalue weighted by atomic mass is 10.1. The van der Waals surface area contributed by atoms with Crippen LogP contribution >= 0.6 is 0 Å². The highest BCUT2D eigenvalue weighted by atomic mass is 28.4. The molecule has 0 radical (unpaired) electrons. The van der Waals surface area contributed by atoms with Crippen LogP contribution in [0.5, 0.6) is 5.75 Å². The number of esters is 1. The molecule has 1 aliphatic rings. The highest BCUT2D eigenvalue weighted by molar-refractivity contribution is 6.74. The standard InChI is InChI=1S/C27H43NO6Si/c1-19(29)32-21-15-12-20(13-16-21)14-17-23(34-35(10,11)26(5,6)7)22-18-31-27(8,9)28(22)24(30)33-25(2,3)4/h12-17,22-23H,18H2,1-11H3/b17-14+/t22-,23+/m1/s1. The zero-order chi connectivity index (χ0) is 26.8. The zero-order valence-electron chi connectivity index (χ0n) is 23.2. The van der Waals surface area contributed by atoms with Gasteiger partial charge in [0.2, 0.25) is 0 Å². The first kappa shape index (κ1) is 29.1. The monoisotopic (exact) mass is 505 g/mol. The van der Waals surface area contributed by atoms with Gasteiger partial charge in [0.25, 0.3) is 0 Å². The first-order valence-electron chi connectivity index (χ1n) is 12.1. The van der Waals surface area contributed by atoms with Crippen molar-refractivity contribution in [2.75, 3.05) is 6.61 Å². The minimum absolute atomic E-state index is 0.0174. The van der Waals surface area contributed by atoms with Crippen LogP contribution < -0.4 is 4.74 Å². The van der Waals surface area contributed by atoms with Gasteiger partial charge in [-0.05, 0) is 70.4 Å². The Balaban J connectivity index is 2.42. The Morgan fingerprint density at radius 2 is 1.69 bits per heavy atom. The summed E-state index contributed by atoms with van der Waals surface area (Å²) >= 11 is 0. The Kier molecular flexibility index (Phi) is 8.68. The minimum Gasteiger partial charge on any atom is -0.444 e. The third kappa shape index (κ3) is 7.92. The molecule has 0 saturated carbocycles. The van der Waals surface area contributed by atoms with E-state index in [1.807, 2.05) is 58.9 Å². The first-order chi connectivity index (χ1) is 15.8. The van der Waals surface area contributed by atoms with Crippen molar-refractivity contribution in [3.05, 3.63) is 35.9 Å². The number of carbonyl (C=O) groups is 2. The maximum Gasteiger partial charge on any atom is 0.413 e. The largest absolute Gasteiger partial charge is 0.444 e. The molecule has 1 saturated heterocycles. The van der Waals surface area contributed by atoms with Gasteiger partial charge >= 0.3 is 12.1 Å². The van der Waals surface area contributed by atoms with Crippen LogP contribution in [0.25, 0.3) is 6.08 Å². The molecule has 0 N–H and O–H groups in total. The predicted octanol–water partition coefficient (Wildman–Crippen LogP) is 6.39. The fourth-order valence-electron chi connectivity index (χ4n) is 3.52. The highest BCUT2D eigenvalue weighted by Gasteiger charge is 2.50. The summed E-state index contributed by atoms with van der Waals surface area (Å²) in [7, 11) is -2.20. The maximum absolute atomic E-state index is 13.3. The minimum atomic E-state index is -2.20. The van der Waals surface area contributed by atoms with Gasteiger partial charge in [-0.25, -0.2) is 4.79 Å². The van der Waals surface area contributed by atoms with E-state index < -0.39 is 31.8 Å². The fourth-order valence-corrected chi connectivity index (χ4v) is 4.79. The van der Waals surface area contributed by atoms with Gasteiger partial charge in [0, 0.05) is 6.92 Å². The highest BCUT2D eigenvalue weighted by Crippen LogP contribution is 2.40. The summed E-state index contributed by atoms with van der Waals surface area (Å²) < 4.78 is 23.8. The molecule has 1 aromatic carbocycles. The molecule has 8 heteroatoms. The van der Waals surface area contributed by atoms with E-state index in [-0.39, 0.29) is 17.0 Å². The van der Waals surface area contributed by atoms with Crippen molar-refractivity contribution in [2.45, 2.75) is 104 Å². The fraction of sp³-hybridized carbons (Fsp3) is 0.630. The van der Waals surface area contributed by atoms with E-state index in [1.165, 1.54) is 6.92 Å². The number of hydrogen-bond acceptors (Lipinski definition) is 6. The van der Waals surface area contributed by atoms with Crippen molar-refractivity contribution < 1.29 is 28.2 Å². The van der Waals surface area contributed by atoms with Crippen molar-refractivity contribution in [3.63, 3.8) is 0 Å². The van der Waals surface area contributed by atoms with Gasteiger partial charge in [0.05, 0.1) is 18.8 Å². The Morgan fingerprint density at radius 1 is 1.11 bits per heavy atom. The Hall–Kier alpha value is -2.16. The quantitative estimate of drug-likeness (QED) is 0.253. The number of nitrogens with zero attached hydrogens (tertiary/aromatic N) is 1. The molecule has 1 fully saturated rings. The van der Waals surface area contributed by atoms with Crippen molar-refractivity contribution in [2.24, 2.45) is 0 Å². The zero-order valence-corrected chi connectivity index (χ0v) is 24.2. The smallest absolute Gasteiger partial charge is 0.413 e. The summed E-state index contributed by atoms with van der Waals surface area (Å²) in [6, 6.07) is 6.89. The number of rotatable bonds is 6. The van der Waals surface area contributed by atoms with Crippen LogP contribution in [-0.4, -0.2) is 55.4 Å².